The molecule has 0 spiro atoms. The number of nitrogens with one attached hydrogen (secondary N) is 1. The van der Waals surface area contributed by atoms with Gasteiger partial charge in [-0.25, -0.2) is 0 Å². The third kappa shape index (κ3) is 7.71. The van der Waals surface area contributed by atoms with E-state index < -0.39 is 0 Å². The van der Waals surface area contributed by atoms with E-state index in [1.165, 1.54) is 5.56 Å². The first kappa shape index (κ1) is 27.9. The lowest BCUT2D eigenvalue weighted by Crippen LogP contribution is -2.47. The number of carbonyl (C=O) groups excluding carboxylic acids is 1. The summed E-state index contributed by atoms with van der Waals surface area (Å²) < 4.78 is 18.7. The number of aryl methyl sites for hydroxylation is 2. The first-order chi connectivity index (χ1) is 19.0. The number of carbonyl (C=O) groups is 1. The molecule has 0 bridgehead atoms. The summed E-state index contributed by atoms with van der Waals surface area (Å²) in [5, 5.41) is 3.43. The largest absolute Gasteiger partial charge is 0.491 e. The fourth-order valence-corrected chi connectivity index (χ4v) is 5.57. The van der Waals surface area contributed by atoms with Gasteiger partial charge in [-0.05, 0) is 92.3 Å². The Kier molecular flexibility index (Phi) is 9.37. The number of nitrogens with zero attached hydrogens (tertiary/aromatic N) is 2. The second-order valence-electron chi connectivity index (χ2n) is 11.3. The molecule has 2 unspecified atom stereocenters. The van der Waals surface area contributed by atoms with Crippen molar-refractivity contribution in [2.75, 3.05) is 40.0 Å². The van der Waals surface area contributed by atoms with E-state index in [0.717, 1.165) is 68.4 Å². The zero-order valence-corrected chi connectivity index (χ0v) is 23.4. The van der Waals surface area contributed by atoms with Crippen molar-refractivity contribution in [1.82, 2.24) is 14.8 Å². The van der Waals surface area contributed by atoms with Gasteiger partial charge in [-0.2, -0.15) is 0 Å². The molecular formula is C31H43N3O5. The summed E-state index contributed by atoms with van der Waals surface area (Å²) in [6.45, 7) is 3.88. The first-order valence-corrected chi connectivity index (χ1v) is 14.6. The Morgan fingerprint density at radius 2 is 1.87 bits per heavy atom. The molecule has 39 heavy (non-hydrogen) atoms. The summed E-state index contributed by atoms with van der Waals surface area (Å²) in [5.74, 6) is 0.867. The predicted molar refractivity (Wildman–Crippen MR) is 150 cm³/mol. The van der Waals surface area contributed by atoms with Crippen LogP contribution in [0, 0.1) is 5.92 Å². The lowest BCUT2D eigenvalue weighted by atomic mass is 9.80. The molecule has 212 valence electrons. The van der Waals surface area contributed by atoms with Gasteiger partial charge >= 0.3 is 0 Å². The number of methoxy groups -OCH3 is 1. The Morgan fingerprint density at radius 1 is 1.05 bits per heavy atom. The van der Waals surface area contributed by atoms with Crippen molar-refractivity contribution in [2.45, 2.75) is 69.6 Å². The van der Waals surface area contributed by atoms with Crippen LogP contribution in [-0.4, -0.2) is 67.5 Å². The molecule has 2 aliphatic carbocycles. The van der Waals surface area contributed by atoms with Gasteiger partial charge in [0.15, 0.2) is 0 Å². The van der Waals surface area contributed by atoms with Crippen molar-refractivity contribution in [3.63, 3.8) is 0 Å². The normalized spacial score (nSPS) is 21.1. The molecule has 2 aromatic rings. The van der Waals surface area contributed by atoms with Crippen molar-refractivity contribution in [2.24, 2.45) is 13.0 Å². The lowest BCUT2D eigenvalue weighted by Gasteiger charge is -2.36. The summed E-state index contributed by atoms with van der Waals surface area (Å²) in [7, 11) is 3.48. The number of benzene rings is 1. The highest BCUT2D eigenvalue weighted by molar-refractivity contribution is 5.81. The molecule has 5 rings (SSSR count). The number of pyridine rings is 1. The van der Waals surface area contributed by atoms with Gasteiger partial charge in [-0.1, -0.05) is 6.07 Å². The number of hydrogen-bond acceptors (Lipinski definition) is 6. The average molecular weight is 538 g/mol. The molecule has 3 fully saturated rings. The van der Waals surface area contributed by atoms with E-state index in [4.69, 9.17) is 14.2 Å². The third-order valence-corrected chi connectivity index (χ3v) is 8.05. The maximum atomic E-state index is 14.1. The zero-order valence-electron chi connectivity index (χ0n) is 23.4. The van der Waals surface area contributed by atoms with Gasteiger partial charge in [-0.3, -0.25) is 9.59 Å². The van der Waals surface area contributed by atoms with E-state index in [-0.39, 0.29) is 29.3 Å². The summed E-state index contributed by atoms with van der Waals surface area (Å²) in [6, 6.07) is 10.4. The lowest BCUT2D eigenvalue weighted by molar-refractivity contribution is -0.138. The van der Waals surface area contributed by atoms with Crippen LogP contribution in [0.25, 0.3) is 0 Å². The molecule has 2 atom stereocenters. The van der Waals surface area contributed by atoms with Crippen LogP contribution in [0.15, 0.2) is 41.3 Å². The fourth-order valence-electron chi connectivity index (χ4n) is 5.57. The molecule has 2 saturated carbocycles. The van der Waals surface area contributed by atoms with Crippen LogP contribution in [0.4, 0.5) is 0 Å². The summed E-state index contributed by atoms with van der Waals surface area (Å²) in [5.41, 5.74) is 3.23. The Hall–Kier alpha value is -2.68. The van der Waals surface area contributed by atoms with Crippen molar-refractivity contribution < 1.29 is 19.0 Å². The molecule has 1 aromatic heterocycles. The van der Waals surface area contributed by atoms with Crippen LogP contribution in [0.2, 0.25) is 0 Å². The van der Waals surface area contributed by atoms with Crippen LogP contribution in [0.3, 0.4) is 0 Å². The molecule has 2 heterocycles. The molecule has 3 aliphatic rings. The van der Waals surface area contributed by atoms with E-state index in [1.54, 1.807) is 24.8 Å². The molecule has 1 aromatic carbocycles. The minimum atomic E-state index is -0.188. The standard InChI is InChI=1S/C31H43N3O5/c1-33-12-10-24(19-30(33)35)28-9-11-32-20-29(28)31(36)34(25-5-6-25)21-23-16-22(4-3-13-37-2)17-27(18-23)39-15-14-38-26-7-8-26/h10,12,16-19,25-26,28-29,32H,3-9,11,13-15,20-21H2,1-2H3. The molecule has 0 radical (unpaired) electrons. The monoisotopic (exact) mass is 537 g/mol. The van der Waals surface area contributed by atoms with E-state index in [0.29, 0.717) is 39.0 Å². The SMILES string of the molecule is COCCCc1cc(CN(C(=O)C2CNCCC2c2ccn(C)c(=O)c2)C2CC2)cc(OCCOC2CC2)c1. The molecule has 1 N–H and O–H groups in total. The average Bonchev–Trinajstić information content (AvgIpc) is 3.86. The topological polar surface area (TPSA) is 82.0 Å². The minimum absolute atomic E-state index is 0.0309. The third-order valence-electron chi connectivity index (χ3n) is 8.05. The number of piperidine rings is 1. The number of amides is 1. The maximum absolute atomic E-state index is 14.1. The maximum Gasteiger partial charge on any atom is 0.250 e. The Morgan fingerprint density at radius 3 is 2.62 bits per heavy atom. The van der Waals surface area contributed by atoms with E-state index in [2.05, 4.69) is 28.4 Å². The van der Waals surface area contributed by atoms with E-state index in [1.807, 2.05) is 12.3 Å². The summed E-state index contributed by atoms with van der Waals surface area (Å²) in [6.07, 6.45) is 9.29. The van der Waals surface area contributed by atoms with Crippen LogP contribution in [0.1, 0.15) is 61.1 Å². The number of hydrogen-bond donors (Lipinski definition) is 1. The Bertz CT molecular complexity index is 1170. The van der Waals surface area contributed by atoms with Crippen molar-refractivity contribution in [1.29, 1.82) is 0 Å². The van der Waals surface area contributed by atoms with Crippen LogP contribution >= 0.6 is 0 Å². The highest BCUT2D eigenvalue weighted by atomic mass is 16.5. The molecule has 8 nitrogen and oxygen atoms in total. The summed E-state index contributed by atoms with van der Waals surface area (Å²) in [4.78, 5) is 28.6. The van der Waals surface area contributed by atoms with Gasteiger partial charge in [0.25, 0.3) is 5.56 Å². The van der Waals surface area contributed by atoms with E-state index in [9.17, 15) is 9.59 Å². The highest BCUT2D eigenvalue weighted by Crippen LogP contribution is 2.36. The van der Waals surface area contributed by atoms with Crippen molar-refractivity contribution >= 4 is 5.91 Å². The smallest absolute Gasteiger partial charge is 0.250 e. The van der Waals surface area contributed by atoms with Gasteiger partial charge < -0.3 is 29.0 Å². The molecule has 8 heteroatoms. The number of aromatic nitrogens is 1. The summed E-state index contributed by atoms with van der Waals surface area (Å²) >= 11 is 0. The predicted octanol–water partition coefficient (Wildman–Crippen LogP) is 3.41. The van der Waals surface area contributed by atoms with Gasteiger partial charge in [0, 0.05) is 52.2 Å². The van der Waals surface area contributed by atoms with Crippen molar-refractivity contribution in [3.8, 4) is 5.75 Å². The number of rotatable bonds is 14. The molecule has 1 aliphatic heterocycles. The van der Waals surface area contributed by atoms with Gasteiger partial charge in [0.05, 0.1) is 18.6 Å². The highest BCUT2D eigenvalue weighted by Gasteiger charge is 2.40. The Labute approximate surface area is 231 Å². The number of ether oxygens (including phenoxy) is 3. The van der Waals surface area contributed by atoms with Gasteiger partial charge in [0.1, 0.15) is 12.4 Å². The zero-order chi connectivity index (χ0) is 27.2. The minimum Gasteiger partial charge on any atom is -0.491 e. The van der Waals surface area contributed by atoms with Crippen LogP contribution < -0.4 is 15.6 Å². The molecule has 1 saturated heterocycles. The van der Waals surface area contributed by atoms with Gasteiger partial charge in [0.2, 0.25) is 5.91 Å². The quantitative estimate of drug-likeness (QED) is 0.372. The first-order valence-electron chi connectivity index (χ1n) is 14.6. The second-order valence-corrected chi connectivity index (χ2v) is 11.3. The van der Waals surface area contributed by atoms with Crippen LogP contribution in [-0.2, 0) is 34.3 Å². The van der Waals surface area contributed by atoms with E-state index >= 15 is 0 Å². The van der Waals surface area contributed by atoms with Crippen molar-refractivity contribution in [3.05, 3.63) is 63.6 Å². The second kappa shape index (κ2) is 13.1. The van der Waals surface area contributed by atoms with Gasteiger partial charge in [-0.15, -0.1) is 0 Å². The fraction of sp³-hybridized carbons (Fsp3) is 0.613. The van der Waals surface area contributed by atoms with Crippen LogP contribution in [0.5, 0.6) is 5.75 Å². The molecule has 1 amide bonds. The Balaban J connectivity index is 1.32. The molecular weight excluding hydrogens is 494 g/mol.